The molecule has 1 aliphatic heterocycles. The number of carbonyl (C=O) groups excluding carboxylic acids is 3. The Kier molecular flexibility index (Phi) is 5.62. The third kappa shape index (κ3) is 3.99. The molecule has 0 saturated heterocycles. The first-order valence-electron chi connectivity index (χ1n) is 10.7. The normalized spacial score (nSPS) is 13.3. The molecule has 1 aromatic heterocycles. The quantitative estimate of drug-likeness (QED) is 0.429. The number of hydrogen-bond acceptors (Lipinski definition) is 6. The van der Waals surface area contributed by atoms with Gasteiger partial charge in [0.15, 0.2) is 0 Å². The van der Waals surface area contributed by atoms with Crippen LogP contribution in [0, 0.1) is 0 Å². The van der Waals surface area contributed by atoms with Crippen LogP contribution >= 0.6 is 11.3 Å². The zero-order valence-corrected chi connectivity index (χ0v) is 18.9. The minimum absolute atomic E-state index is 0.149. The Morgan fingerprint density at radius 1 is 1.03 bits per heavy atom. The highest BCUT2D eigenvalue weighted by Gasteiger charge is 2.32. The van der Waals surface area contributed by atoms with Gasteiger partial charge in [0.2, 0.25) is 0 Å². The van der Waals surface area contributed by atoms with E-state index >= 15 is 0 Å². The summed E-state index contributed by atoms with van der Waals surface area (Å²) in [5.41, 5.74) is 4.29. The molecule has 0 aliphatic carbocycles. The fourth-order valence-electron chi connectivity index (χ4n) is 4.13. The van der Waals surface area contributed by atoms with Gasteiger partial charge in [-0.3, -0.25) is 19.3 Å². The fourth-order valence-corrected chi connectivity index (χ4v) is 4.79. The Morgan fingerprint density at radius 3 is 2.48 bits per heavy atom. The lowest BCUT2D eigenvalue weighted by molar-refractivity contribution is 0.0598. The van der Waals surface area contributed by atoms with Gasteiger partial charge in [0.05, 0.1) is 15.7 Å². The highest BCUT2D eigenvalue weighted by molar-refractivity contribution is 7.16. The zero-order chi connectivity index (χ0) is 22.9. The summed E-state index contributed by atoms with van der Waals surface area (Å²) in [6.07, 6.45) is 0. The summed E-state index contributed by atoms with van der Waals surface area (Å²) < 4.78 is 1.05. The minimum Gasteiger partial charge on any atom is -0.351 e. The summed E-state index contributed by atoms with van der Waals surface area (Å²) in [7, 11) is 1.90. The van der Waals surface area contributed by atoms with Crippen LogP contribution in [0.25, 0.3) is 21.0 Å². The fraction of sp³-hybridized carbons (Fsp3) is 0.200. The van der Waals surface area contributed by atoms with E-state index < -0.39 is 0 Å². The molecule has 5 rings (SSSR count). The van der Waals surface area contributed by atoms with Gasteiger partial charge in [0.1, 0.15) is 0 Å². The predicted octanol–water partition coefficient (Wildman–Crippen LogP) is 3.41. The lowest BCUT2D eigenvalue weighted by Gasteiger charge is -2.28. The van der Waals surface area contributed by atoms with E-state index in [9.17, 15) is 14.4 Å². The molecule has 0 spiro atoms. The molecule has 8 heteroatoms. The molecule has 0 radical (unpaired) electrons. The number of fused-ring (bicyclic) bond motifs is 1. The number of thiazole rings is 1. The zero-order valence-electron chi connectivity index (χ0n) is 18.1. The first-order valence-corrected chi connectivity index (χ1v) is 11.6. The van der Waals surface area contributed by atoms with E-state index in [0.717, 1.165) is 21.0 Å². The molecule has 33 heavy (non-hydrogen) atoms. The summed E-state index contributed by atoms with van der Waals surface area (Å²) in [4.78, 5) is 46.0. The number of aromatic nitrogens is 1. The van der Waals surface area contributed by atoms with Crippen molar-refractivity contribution in [3.05, 3.63) is 76.8 Å². The number of nitrogens with zero attached hydrogens (tertiary/aromatic N) is 3. The summed E-state index contributed by atoms with van der Waals surface area (Å²) in [5.74, 6) is -0.670. The van der Waals surface area contributed by atoms with E-state index in [2.05, 4.69) is 10.3 Å². The summed E-state index contributed by atoms with van der Waals surface area (Å²) in [6.45, 7) is 1.84. The van der Waals surface area contributed by atoms with Gasteiger partial charge in [-0.1, -0.05) is 24.3 Å². The molecule has 3 aromatic carbocycles. The first kappa shape index (κ1) is 21.2. The first-order chi connectivity index (χ1) is 16.0. The average molecular weight is 459 g/mol. The van der Waals surface area contributed by atoms with Crippen LogP contribution in [0.1, 0.15) is 31.1 Å². The molecule has 0 saturated carbocycles. The smallest absolute Gasteiger partial charge is 0.261 e. The van der Waals surface area contributed by atoms with E-state index in [1.807, 2.05) is 42.3 Å². The van der Waals surface area contributed by atoms with Crippen LogP contribution < -0.4 is 5.32 Å². The average Bonchev–Trinajstić information content (AvgIpc) is 3.30. The Balaban J connectivity index is 1.16. The predicted molar refractivity (Wildman–Crippen MR) is 129 cm³/mol. The number of hydrogen-bond donors (Lipinski definition) is 1. The molecule has 0 fully saturated rings. The van der Waals surface area contributed by atoms with Gasteiger partial charge < -0.3 is 10.2 Å². The summed E-state index contributed by atoms with van der Waals surface area (Å²) in [5, 5.41) is 4.55. The van der Waals surface area contributed by atoms with Gasteiger partial charge in [-0.25, -0.2) is 4.98 Å². The second kappa shape index (κ2) is 8.73. The molecular weight excluding hydrogens is 436 g/mol. The van der Waals surface area contributed by atoms with Crippen LogP contribution in [0.5, 0.6) is 0 Å². The number of nitrogens with one attached hydrogen (secondary N) is 1. The third-order valence-corrected chi connectivity index (χ3v) is 6.74. The molecule has 0 atom stereocenters. The van der Waals surface area contributed by atoms with Crippen molar-refractivity contribution < 1.29 is 14.4 Å². The maximum absolute atomic E-state index is 13.0. The molecule has 4 aromatic rings. The van der Waals surface area contributed by atoms with E-state index in [0.29, 0.717) is 36.3 Å². The Bertz CT molecular complexity index is 1350. The SMILES string of the molecule is CN(CCNC(=O)c1ccc2scnc2c1)CCN1C(=O)c2cccc3cccc(c23)C1=O. The van der Waals surface area contributed by atoms with Gasteiger partial charge >= 0.3 is 0 Å². The van der Waals surface area contributed by atoms with Gasteiger partial charge in [0.25, 0.3) is 17.7 Å². The van der Waals surface area contributed by atoms with Crippen molar-refractivity contribution in [2.24, 2.45) is 0 Å². The van der Waals surface area contributed by atoms with Crippen LogP contribution in [-0.2, 0) is 0 Å². The van der Waals surface area contributed by atoms with Crippen molar-refractivity contribution in [2.75, 3.05) is 33.2 Å². The van der Waals surface area contributed by atoms with Crippen molar-refractivity contribution in [1.82, 2.24) is 20.1 Å². The standard InChI is InChI=1S/C25H22N4O3S/c1-28(11-10-26-23(30)17-8-9-21-20(14-17)27-15-33-21)12-13-29-24(31)18-6-2-4-16-5-3-7-19(22(16)18)25(29)32/h2-9,14-15H,10-13H2,1H3,(H,26,30). The monoisotopic (exact) mass is 458 g/mol. The van der Waals surface area contributed by atoms with Crippen LogP contribution in [-0.4, -0.2) is 65.7 Å². The van der Waals surface area contributed by atoms with Gasteiger partial charge in [-0.2, -0.15) is 0 Å². The van der Waals surface area contributed by atoms with Crippen LogP contribution in [0.2, 0.25) is 0 Å². The van der Waals surface area contributed by atoms with Crippen molar-refractivity contribution in [2.45, 2.75) is 0 Å². The highest BCUT2D eigenvalue weighted by atomic mass is 32.1. The van der Waals surface area contributed by atoms with Crippen molar-refractivity contribution >= 4 is 50.0 Å². The van der Waals surface area contributed by atoms with E-state index in [-0.39, 0.29) is 24.3 Å². The lowest BCUT2D eigenvalue weighted by Crippen LogP contribution is -2.45. The largest absolute Gasteiger partial charge is 0.351 e. The number of benzene rings is 3. The minimum atomic E-state index is -0.261. The lowest BCUT2D eigenvalue weighted by atomic mass is 9.94. The van der Waals surface area contributed by atoms with E-state index in [1.165, 1.54) is 4.90 Å². The second-order valence-electron chi connectivity index (χ2n) is 8.07. The number of amides is 3. The van der Waals surface area contributed by atoms with Crippen molar-refractivity contribution in [3.63, 3.8) is 0 Å². The van der Waals surface area contributed by atoms with E-state index in [4.69, 9.17) is 0 Å². The Labute approximate surface area is 194 Å². The van der Waals surface area contributed by atoms with Gasteiger partial charge in [-0.05, 0) is 42.8 Å². The van der Waals surface area contributed by atoms with Crippen molar-refractivity contribution in [1.29, 1.82) is 0 Å². The Hall–Kier alpha value is -3.62. The maximum atomic E-state index is 13.0. The highest BCUT2D eigenvalue weighted by Crippen LogP contribution is 2.29. The molecule has 166 valence electrons. The second-order valence-corrected chi connectivity index (χ2v) is 8.95. The molecular formula is C25H22N4O3S. The van der Waals surface area contributed by atoms with Crippen molar-refractivity contribution in [3.8, 4) is 0 Å². The molecule has 7 nitrogen and oxygen atoms in total. The summed E-state index contributed by atoms with van der Waals surface area (Å²) >= 11 is 1.54. The van der Waals surface area contributed by atoms with Gasteiger partial charge in [-0.15, -0.1) is 11.3 Å². The van der Waals surface area contributed by atoms with Crippen LogP contribution in [0.15, 0.2) is 60.1 Å². The molecule has 0 bridgehead atoms. The maximum Gasteiger partial charge on any atom is 0.261 e. The molecule has 0 unspecified atom stereocenters. The molecule has 1 N–H and O–H groups in total. The number of carbonyl (C=O) groups is 3. The Morgan fingerprint density at radius 2 is 1.76 bits per heavy atom. The number of rotatable bonds is 7. The van der Waals surface area contributed by atoms with Gasteiger partial charge in [0, 0.05) is 48.3 Å². The third-order valence-electron chi connectivity index (χ3n) is 5.93. The molecule has 1 aliphatic rings. The van der Waals surface area contributed by atoms with Crippen LogP contribution in [0.4, 0.5) is 0 Å². The van der Waals surface area contributed by atoms with E-state index in [1.54, 1.807) is 41.1 Å². The number of imide groups is 1. The topological polar surface area (TPSA) is 82.6 Å². The summed E-state index contributed by atoms with van der Waals surface area (Å²) in [6, 6.07) is 16.5. The number of likely N-dealkylation sites (N-methyl/N-ethyl adjacent to an activating group) is 1. The molecule has 2 heterocycles. The molecule has 3 amide bonds. The van der Waals surface area contributed by atoms with Crippen LogP contribution in [0.3, 0.4) is 0 Å².